The first-order valence-electron chi connectivity index (χ1n) is 10.0. The first-order valence-corrected chi connectivity index (χ1v) is 10.0. The lowest BCUT2D eigenvalue weighted by Crippen LogP contribution is -2.39. The second-order valence-electron chi connectivity index (χ2n) is 7.85. The number of hydrogen-bond acceptors (Lipinski definition) is 4. The van der Waals surface area contributed by atoms with Gasteiger partial charge in [0, 0.05) is 50.7 Å². The molecule has 0 bridgehead atoms. The van der Waals surface area contributed by atoms with Crippen molar-refractivity contribution in [3.8, 4) is 0 Å². The molecule has 5 rings (SSSR count). The molecule has 146 valence electrons. The molecular weight excluding hydrogens is 354 g/mol. The molecule has 0 radical (unpaired) electrons. The highest BCUT2D eigenvalue weighted by Gasteiger charge is 2.34. The number of carbonyl (C=O) groups excluding carboxylic acids is 1. The monoisotopic (exact) mass is 379 g/mol. The largest absolute Gasteiger partial charge is 0.347 e. The molecule has 4 heterocycles. The van der Waals surface area contributed by atoms with Gasteiger partial charge in [0.05, 0.1) is 0 Å². The zero-order valence-corrected chi connectivity index (χ0v) is 16.1. The van der Waals surface area contributed by atoms with Crippen LogP contribution in [0.25, 0.3) is 0 Å². The maximum Gasteiger partial charge on any atom is 0.270 e. The fourth-order valence-corrected chi connectivity index (χ4v) is 4.18. The van der Waals surface area contributed by atoms with Crippen LogP contribution >= 0.6 is 0 Å². The minimum Gasteiger partial charge on any atom is -0.347 e. The molecule has 1 aliphatic heterocycles. The van der Waals surface area contributed by atoms with E-state index < -0.39 is 0 Å². The van der Waals surface area contributed by atoms with Gasteiger partial charge in [-0.3, -0.25) is 9.48 Å². The van der Waals surface area contributed by atoms with Crippen LogP contribution in [0.1, 0.15) is 59.8 Å². The number of hydrogen-bond donors (Lipinski definition) is 0. The van der Waals surface area contributed by atoms with Gasteiger partial charge in [-0.25, -0.2) is 0 Å². The SMILES string of the molecule is Cn1cccc1C(=O)N1CCC(c2nnc(Cn3cccn3)n2C2CC2)CC1. The quantitative estimate of drug-likeness (QED) is 0.681. The Bertz CT molecular complexity index is 959. The highest BCUT2D eigenvalue weighted by Crippen LogP contribution is 2.40. The van der Waals surface area contributed by atoms with Crippen LogP contribution in [0.2, 0.25) is 0 Å². The van der Waals surface area contributed by atoms with Gasteiger partial charge in [-0.1, -0.05) is 0 Å². The molecule has 0 aromatic carbocycles. The van der Waals surface area contributed by atoms with E-state index >= 15 is 0 Å². The number of aryl methyl sites for hydroxylation is 1. The lowest BCUT2D eigenvalue weighted by Gasteiger charge is -2.32. The molecule has 8 heteroatoms. The summed E-state index contributed by atoms with van der Waals surface area (Å²) in [5, 5.41) is 13.4. The lowest BCUT2D eigenvalue weighted by molar-refractivity contribution is 0.0700. The van der Waals surface area contributed by atoms with Crippen molar-refractivity contribution in [2.24, 2.45) is 7.05 Å². The number of piperidine rings is 1. The van der Waals surface area contributed by atoms with E-state index in [9.17, 15) is 4.79 Å². The van der Waals surface area contributed by atoms with Gasteiger partial charge >= 0.3 is 0 Å². The fourth-order valence-electron chi connectivity index (χ4n) is 4.18. The molecule has 0 N–H and O–H groups in total. The van der Waals surface area contributed by atoms with Crippen molar-refractivity contribution in [2.45, 2.75) is 44.2 Å². The maximum atomic E-state index is 12.8. The van der Waals surface area contributed by atoms with Crippen LogP contribution in [-0.2, 0) is 13.6 Å². The average molecular weight is 379 g/mol. The molecule has 1 saturated carbocycles. The van der Waals surface area contributed by atoms with Crippen molar-refractivity contribution in [2.75, 3.05) is 13.1 Å². The number of carbonyl (C=O) groups is 1. The number of rotatable bonds is 5. The van der Waals surface area contributed by atoms with Crippen molar-refractivity contribution in [3.63, 3.8) is 0 Å². The van der Waals surface area contributed by atoms with Gasteiger partial charge in [-0.15, -0.1) is 10.2 Å². The van der Waals surface area contributed by atoms with Gasteiger partial charge in [0.2, 0.25) is 0 Å². The average Bonchev–Trinajstić information content (AvgIpc) is 3.09. The summed E-state index contributed by atoms with van der Waals surface area (Å²) in [4.78, 5) is 14.7. The Morgan fingerprint density at radius 1 is 1.11 bits per heavy atom. The lowest BCUT2D eigenvalue weighted by atomic mass is 9.95. The molecule has 1 saturated heterocycles. The first-order chi connectivity index (χ1) is 13.7. The third kappa shape index (κ3) is 3.12. The van der Waals surface area contributed by atoms with Crippen LogP contribution in [0, 0.1) is 0 Å². The molecule has 3 aromatic rings. The van der Waals surface area contributed by atoms with E-state index in [1.54, 1.807) is 6.20 Å². The predicted molar refractivity (Wildman–Crippen MR) is 103 cm³/mol. The van der Waals surface area contributed by atoms with Crippen LogP contribution < -0.4 is 0 Å². The molecule has 1 amide bonds. The molecular formula is C20H25N7O. The Morgan fingerprint density at radius 2 is 1.93 bits per heavy atom. The number of aromatic nitrogens is 6. The summed E-state index contributed by atoms with van der Waals surface area (Å²) in [7, 11) is 1.92. The Hall–Kier alpha value is -2.90. The fraction of sp³-hybridized carbons (Fsp3) is 0.500. The van der Waals surface area contributed by atoms with Crippen molar-refractivity contribution >= 4 is 5.91 Å². The third-order valence-corrected chi connectivity index (χ3v) is 5.88. The summed E-state index contributed by atoms with van der Waals surface area (Å²) in [5.41, 5.74) is 0.751. The van der Waals surface area contributed by atoms with Crippen LogP contribution in [0.4, 0.5) is 0 Å². The first kappa shape index (κ1) is 17.2. The Balaban J connectivity index is 1.31. The minimum absolute atomic E-state index is 0.119. The van der Waals surface area contributed by atoms with E-state index in [4.69, 9.17) is 0 Å². The zero-order valence-electron chi connectivity index (χ0n) is 16.1. The second kappa shape index (κ2) is 6.92. The molecule has 0 unspecified atom stereocenters. The smallest absolute Gasteiger partial charge is 0.270 e. The van der Waals surface area contributed by atoms with Gasteiger partial charge in [-0.05, 0) is 43.9 Å². The number of amides is 1. The van der Waals surface area contributed by atoms with Crippen LogP contribution in [0.3, 0.4) is 0 Å². The second-order valence-corrected chi connectivity index (χ2v) is 7.85. The highest BCUT2D eigenvalue weighted by molar-refractivity contribution is 5.92. The topological polar surface area (TPSA) is 73.8 Å². The number of likely N-dealkylation sites (tertiary alicyclic amines) is 1. The van der Waals surface area contributed by atoms with Crippen molar-refractivity contribution in [1.82, 2.24) is 34.0 Å². The highest BCUT2D eigenvalue weighted by atomic mass is 16.2. The summed E-state index contributed by atoms with van der Waals surface area (Å²) < 4.78 is 6.13. The van der Waals surface area contributed by atoms with Crippen LogP contribution in [0.5, 0.6) is 0 Å². The summed E-state index contributed by atoms with van der Waals surface area (Å²) in [5.74, 6) is 2.56. The molecule has 2 fully saturated rings. The van der Waals surface area contributed by atoms with Gasteiger partial charge in [0.1, 0.15) is 18.1 Å². The van der Waals surface area contributed by atoms with Gasteiger partial charge in [-0.2, -0.15) is 5.10 Å². The van der Waals surface area contributed by atoms with E-state index in [-0.39, 0.29) is 5.91 Å². The normalized spacial score (nSPS) is 18.0. The van der Waals surface area contributed by atoms with Crippen LogP contribution in [-0.4, -0.2) is 53.0 Å². The van der Waals surface area contributed by atoms with E-state index in [2.05, 4.69) is 19.9 Å². The van der Waals surface area contributed by atoms with Gasteiger partial charge in [0.25, 0.3) is 5.91 Å². The van der Waals surface area contributed by atoms with Gasteiger partial charge < -0.3 is 14.0 Å². The van der Waals surface area contributed by atoms with Crippen molar-refractivity contribution in [3.05, 3.63) is 54.1 Å². The summed E-state index contributed by atoms with van der Waals surface area (Å²) in [6.45, 7) is 2.18. The summed E-state index contributed by atoms with van der Waals surface area (Å²) in [6, 6.07) is 6.26. The molecule has 0 spiro atoms. The van der Waals surface area contributed by atoms with E-state index in [1.165, 1.54) is 12.8 Å². The standard InChI is InChI=1S/C20H25N7O/c1-24-10-2-4-17(24)20(28)25-12-7-15(8-13-25)19-23-22-18(27(19)16-5-6-16)14-26-11-3-9-21-26/h2-4,9-11,15-16H,5-8,12-14H2,1H3. The van der Waals surface area contributed by atoms with E-state index in [0.717, 1.165) is 43.3 Å². The molecule has 2 aliphatic rings. The molecule has 28 heavy (non-hydrogen) atoms. The third-order valence-electron chi connectivity index (χ3n) is 5.88. The Kier molecular flexibility index (Phi) is 4.26. The molecule has 3 aromatic heterocycles. The molecule has 0 atom stereocenters. The minimum atomic E-state index is 0.119. The van der Waals surface area contributed by atoms with Crippen molar-refractivity contribution < 1.29 is 4.79 Å². The number of nitrogens with zero attached hydrogens (tertiary/aromatic N) is 7. The maximum absolute atomic E-state index is 12.8. The summed E-state index contributed by atoms with van der Waals surface area (Å²) >= 11 is 0. The molecule has 1 aliphatic carbocycles. The summed E-state index contributed by atoms with van der Waals surface area (Å²) in [6.07, 6.45) is 9.92. The zero-order chi connectivity index (χ0) is 19.1. The van der Waals surface area contributed by atoms with Crippen LogP contribution in [0.15, 0.2) is 36.8 Å². The van der Waals surface area contributed by atoms with Crippen molar-refractivity contribution in [1.29, 1.82) is 0 Å². The van der Waals surface area contributed by atoms with E-state index in [1.807, 2.05) is 51.8 Å². The predicted octanol–water partition coefficient (Wildman–Crippen LogP) is 2.22. The Morgan fingerprint density at radius 3 is 2.57 bits per heavy atom. The Labute approximate surface area is 163 Å². The van der Waals surface area contributed by atoms with Gasteiger partial charge in [0.15, 0.2) is 5.82 Å². The molecule has 8 nitrogen and oxygen atoms in total. The van der Waals surface area contributed by atoms with E-state index in [0.29, 0.717) is 18.5 Å².